The van der Waals surface area contributed by atoms with E-state index in [1.165, 1.54) is 23.0 Å². The summed E-state index contributed by atoms with van der Waals surface area (Å²) in [7, 11) is 4.66. The lowest BCUT2D eigenvalue weighted by Gasteiger charge is -2.25. The molecule has 1 atom stereocenters. The molecule has 0 radical (unpaired) electrons. The third-order valence-electron chi connectivity index (χ3n) is 5.72. The van der Waals surface area contributed by atoms with Crippen LogP contribution >= 0.6 is 27.3 Å². The highest BCUT2D eigenvalue weighted by Gasteiger charge is 2.34. The number of rotatable bonds is 7. The van der Waals surface area contributed by atoms with E-state index in [0.717, 1.165) is 10.0 Å². The van der Waals surface area contributed by atoms with Gasteiger partial charge in [-0.05, 0) is 55.8 Å². The van der Waals surface area contributed by atoms with Gasteiger partial charge < -0.3 is 18.9 Å². The van der Waals surface area contributed by atoms with Crippen LogP contribution in [0.5, 0.6) is 17.2 Å². The summed E-state index contributed by atoms with van der Waals surface area (Å²) in [6.45, 7) is 3.68. The standard InChI is InChI=1S/C26H25BrN2O6S/c1-6-35-25(31)22-14(2)28-26-29(23(22)15-7-9-19(33-4)20(12-15)34-5)24(30)21(36-26)13-16-11-17(27)8-10-18(16)32-3/h7-13,23H,6H2,1-5H3/b21-13-. The number of esters is 1. The number of ether oxygens (including phenoxy) is 4. The third-order valence-corrected chi connectivity index (χ3v) is 7.19. The Bertz CT molecular complexity index is 1540. The van der Waals surface area contributed by atoms with E-state index in [1.807, 2.05) is 18.2 Å². The zero-order valence-electron chi connectivity index (χ0n) is 20.5. The first-order valence-corrected chi connectivity index (χ1v) is 12.7. The van der Waals surface area contributed by atoms with Gasteiger partial charge in [0.05, 0.1) is 49.8 Å². The van der Waals surface area contributed by atoms with Gasteiger partial charge in [0.25, 0.3) is 5.56 Å². The molecular formula is C26H25BrN2O6S. The number of fused-ring (bicyclic) bond motifs is 1. The Morgan fingerprint density at radius 3 is 2.44 bits per heavy atom. The van der Waals surface area contributed by atoms with E-state index in [4.69, 9.17) is 18.9 Å². The van der Waals surface area contributed by atoms with Crippen LogP contribution in [0.1, 0.15) is 31.0 Å². The topological polar surface area (TPSA) is 88.4 Å². The normalized spacial score (nSPS) is 15.3. The summed E-state index contributed by atoms with van der Waals surface area (Å²) in [5.41, 5.74) is 1.90. The molecule has 36 heavy (non-hydrogen) atoms. The van der Waals surface area contributed by atoms with Crippen molar-refractivity contribution in [3.63, 3.8) is 0 Å². The van der Waals surface area contributed by atoms with Crippen LogP contribution in [0.15, 0.2) is 61.9 Å². The number of benzene rings is 2. The Balaban J connectivity index is 1.99. The van der Waals surface area contributed by atoms with E-state index in [2.05, 4.69) is 20.9 Å². The van der Waals surface area contributed by atoms with Crippen molar-refractivity contribution in [2.75, 3.05) is 27.9 Å². The number of allylic oxidation sites excluding steroid dienone is 1. The summed E-state index contributed by atoms with van der Waals surface area (Å²) in [6, 6.07) is 10.1. The molecule has 4 rings (SSSR count). The van der Waals surface area contributed by atoms with Gasteiger partial charge in [-0.3, -0.25) is 9.36 Å². The van der Waals surface area contributed by atoms with Gasteiger partial charge in [0.15, 0.2) is 16.3 Å². The monoisotopic (exact) mass is 572 g/mol. The van der Waals surface area contributed by atoms with E-state index >= 15 is 0 Å². The molecule has 0 spiro atoms. The zero-order chi connectivity index (χ0) is 26.0. The highest BCUT2D eigenvalue weighted by Crippen LogP contribution is 2.36. The van der Waals surface area contributed by atoms with Crippen molar-refractivity contribution in [3.8, 4) is 17.2 Å². The van der Waals surface area contributed by atoms with E-state index in [0.29, 0.717) is 43.4 Å². The Morgan fingerprint density at radius 2 is 1.78 bits per heavy atom. The highest BCUT2D eigenvalue weighted by atomic mass is 79.9. The summed E-state index contributed by atoms with van der Waals surface area (Å²) in [4.78, 5) is 32.0. The lowest BCUT2D eigenvalue weighted by atomic mass is 9.95. The van der Waals surface area contributed by atoms with Crippen LogP contribution in [0.2, 0.25) is 0 Å². The maximum Gasteiger partial charge on any atom is 0.338 e. The lowest BCUT2D eigenvalue weighted by molar-refractivity contribution is -0.139. The van der Waals surface area contributed by atoms with Crippen molar-refractivity contribution < 1.29 is 23.7 Å². The fourth-order valence-corrected chi connectivity index (χ4v) is 5.51. The van der Waals surface area contributed by atoms with Gasteiger partial charge in [0, 0.05) is 10.0 Å². The second-order valence-electron chi connectivity index (χ2n) is 7.80. The first-order valence-electron chi connectivity index (χ1n) is 11.1. The van der Waals surface area contributed by atoms with Crippen molar-refractivity contribution in [3.05, 3.63) is 83.0 Å². The molecule has 188 valence electrons. The van der Waals surface area contributed by atoms with Crippen LogP contribution in [0.4, 0.5) is 0 Å². The Labute approximate surface area is 220 Å². The minimum Gasteiger partial charge on any atom is -0.496 e. The van der Waals surface area contributed by atoms with Gasteiger partial charge in [-0.15, -0.1) is 0 Å². The van der Waals surface area contributed by atoms with Gasteiger partial charge in [-0.2, -0.15) is 0 Å². The van der Waals surface area contributed by atoms with E-state index in [9.17, 15) is 9.59 Å². The molecule has 0 aliphatic carbocycles. The molecule has 0 N–H and O–H groups in total. The van der Waals surface area contributed by atoms with Gasteiger partial charge in [0.1, 0.15) is 5.75 Å². The molecule has 10 heteroatoms. The number of thiazole rings is 1. The van der Waals surface area contributed by atoms with E-state index < -0.39 is 12.0 Å². The summed E-state index contributed by atoms with van der Waals surface area (Å²) in [5.74, 6) is 1.12. The summed E-state index contributed by atoms with van der Waals surface area (Å²) >= 11 is 4.72. The average Bonchev–Trinajstić information content (AvgIpc) is 3.17. The number of carbonyl (C=O) groups excluding carboxylic acids is 1. The largest absolute Gasteiger partial charge is 0.496 e. The molecule has 1 unspecified atom stereocenters. The van der Waals surface area contributed by atoms with Crippen LogP contribution < -0.4 is 29.1 Å². The molecule has 1 aliphatic heterocycles. The first-order chi connectivity index (χ1) is 17.3. The number of halogens is 1. The fourth-order valence-electron chi connectivity index (χ4n) is 4.09. The smallest absolute Gasteiger partial charge is 0.338 e. The molecule has 0 bridgehead atoms. The fraction of sp³-hybridized carbons (Fsp3) is 0.269. The second kappa shape index (κ2) is 10.7. The third kappa shape index (κ3) is 4.70. The quantitative estimate of drug-likeness (QED) is 0.402. The Morgan fingerprint density at radius 1 is 1.08 bits per heavy atom. The van der Waals surface area contributed by atoms with Crippen molar-refractivity contribution in [2.24, 2.45) is 4.99 Å². The molecule has 1 aliphatic rings. The van der Waals surface area contributed by atoms with Crippen molar-refractivity contribution in [1.29, 1.82) is 0 Å². The van der Waals surface area contributed by atoms with Crippen molar-refractivity contribution in [2.45, 2.75) is 19.9 Å². The number of aromatic nitrogens is 1. The minimum atomic E-state index is -0.758. The van der Waals surface area contributed by atoms with Gasteiger partial charge in [0.2, 0.25) is 0 Å². The predicted octanol–water partition coefficient (Wildman–Crippen LogP) is 3.59. The molecule has 8 nitrogen and oxygen atoms in total. The summed E-state index contributed by atoms with van der Waals surface area (Å²) in [5, 5.41) is 0. The molecule has 1 aromatic heterocycles. The number of hydrogen-bond donors (Lipinski definition) is 0. The first kappa shape index (κ1) is 25.7. The summed E-state index contributed by atoms with van der Waals surface area (Å²) in [6.07, 6.45) is 1.77. The predicted molar refractivity (Wildman–Crippen MR) is 141 cm³/mol. The minimum absolute atomic E-state index is 0.196. The average molecular weight is 573 g/mol. The van der Waals surface area contributed by atoms with Crippen molar-refractivity contribution >= 4 is 39.3 Å². The summed E-state index contributed by atoms with van der Waals surface area (Å²) < 4.78 is 24.5. The number of carbonyl (C=O) groups is 1. The van der Waals surface area contributed by atoms with Crippen LogP contribution in [0.25, 0.3) is 6.08 Å². The van der Waals surface area contributed by atoms with E-state index in [-0.39, 0.29) is 12.2 Å². The molecular weight excluding hydrogens is 548 g/mol. The number of hydrogen-bond acceptors (Lipinski definition) is 8. The van der Waals surface area contributed by atoms with Crippen LogP contribution in [-0.2, 0) is 9.53 Å². The van der Waals surface area contributed by atoms with Crippen LogP contribution in [0.3, 0.4) is 0 Å². The van der Waals surface area contributed by atoms with Gasteiger partial charge in [-0.25, -0.2) is 9.79 Å². The SMILES string of the molecule is CCOC(=O)C1=C(C)N=c2s/c(=C\c3cc(Br)ccc3OC)c(=O)n2C1c1ccc(OC)c(OC)c1. The van der Waals surface area contributed by atoms with Crippen LogP contribution in [0, 0.1) is 0 Å². The second-order valence-corrected chi connectivity index (χ2v) is 9.73. The zero-order valence-corrected chi connectivity index (χ0v) is 22.9. The molecule has 2 aromatic carbocycles. The lowest BCUT2D eigenvalue weighted by Crippen LogP contribution is -2.40. The van der Waals surface area contributed by atoms with E-state index in [1.54, 1.807) is 52.3 Å². The van der Waals surface area contributed by atoms with Crippen LogP contribution in [-0.4, -0.2) is 38.5 Å². The number of nitrogens with zero attached hydrogens (tertiary/aromatic N) is 2. The highest BCUT2D eigenvalue weighted by molar-refractivity contribution is 9.10. The Kier molecular flexibility index (Phi) is 7.65. The van der Waals surface area contributed by atoms with Gasteiger partial charge in [-0.1, -0.05) is 33.3 Å². The molecule has 0 amide bonds. The maximum absolute atomic E-state index is 13.8. The molecule has 2 heterocycles. The molecule has 0 saturated carbocycles. The maximum atomic E-state index is 13.8. The van der Waals surface area contributed by atoms with Gasteiger partial charge >= 0.3 is 5.97 Å². The number of methoxy groups -OCH3 is 3. The molecule has 3 aromatic rings. The molecule has 0 saturated heterocycles. The molecule has 0 fully saturated rings. The Hall–Kier alpha value is -3.37. The van der Waals surface area contributed by atoms with Crippen molar-refractivity contribution in [1.82, 2.24) is 4.57 Å².